The normalized spacial score (nSPS) is 12.1. The molecule has 0 bridgehead atoms. The largest absolute Gasteiger partial charge is 0.465 e. The van der Waals surface area contributed by atoms with Crippen LogP contribution in [0.1, 0.15) is 52.5 Å². The molecule has 28 heavy (non-hydrogen) atoms. The lowest BCUT2D eigenvalue weighted by atomic mass is 9.99. The SMILES string of the molecule is CCC(C)c1ccc(S(=O)(=O)Nc2cc(C(=O)OC)cc(C(=O)OC)c2)cc1. The molecule has 0 aliphatic carbocycles. The van der Waals surface area contributed by atoms with E-state index in [1.54, 1.807) is 12.1 Å². The third kappa shape index (κ3) is 4.89. The van der Waals surface area contributed by atoms with Crippen LogP contribution in [0, 0.1) is 0 Å². The summed E-state index contributed by atoms with van der Waals surface area (Å²) in [5, 5.41) is 0. The molecule has 1 N–H and O–H groups in total. The van der Waals surface area contributed by atoms with Gasteiger partial charge in [-0.2, -0.15) is 0 Å². The van der Waals surface area contributed by atoms with Gasteiger partial charge >= 0.3 is 11.9 Å². The molecule has 0 heterocycles. The maximum absolute atomic E-state index is 12.7. The molecular formula is C20H23NO6S. The van der Waals surface area contributed by atoms with Gasteiger partial charge in [-0.15, -0.1) is 0 Å². The zero-order chi connectivity index (χ0) is 20.9. The fraction of sp³-hybridized carbons (Fsp3) is 0.300. The number of nitrogens with one attached hydrogen (secondary N) is 1. The molecular weight excluding hydrogens is 382 g/mol. The van der Waals surface area contributed by atoms with Gasteiger partial charge < -0.3 is 9.47 Å². The summed E-state index contributed by atoms with van der Waals surface area (Å²) in [5.41, 5.74) is 1.14. The van der Waals surface area contributed by atoms with Crippen molar-refractivity contribution >= 4 is 27.6 Å². The van der Waals surface area contributed by atoms with Crippen molar-refractivity contribution in [2.45, 2.75) is 31.1 Å². The molecule has 0 radical (unpaired) electrons. The fourth-order valence-electron chi connectivity index (χ4n) is 2.58. The summed E-state index contributed by atoms with van der Waals surface area (Å²) in [6, 6.07) is 10.5. The lowest BCUT2D eigenvalue weighted by molar-refractivity contribution is 0.0599. The fourth-order valence-corrected chi connectivity index (χ4v) is 3.62. The summed E-state index contributed by atoms with van der Waals surface area (Å²) in [6.45, 7) is 4.12. The van der Waals surface area contributed by atoms with Crippen molar-refractivity contribution in [2.75, 3.05) is 18.9 Å². The number of benzene rings is 2. The van der Waals surface area contributed by atoms with Gasteiger partial charge in [-0.1, -0.05) is 26.0 Å². The van der Waals surface area contributed by atoms with Crippen molar-refractivity contribution < 1.29 is 27.5 Å². The molecule has 2 rings (SSSR count). The van der Waals surface area contributed by atoms with Gasteiger partial charge in [0.15, 0.2) is 0 Å². The van der Waals surface area contributed by atoms with E-state index < -0.39 is 22.0 Å². The first kappa shape index (κ1) is 21.4. The van der Waals surface area contributed by atoms with Crippen LogP contribution in [0.15, 0.2) is 47.4 Å². The van der Waals surface area contributed by atoms with E-state index in [0.29, 0.717) is 5.92 Å². The topological polar surface area (TPSA) is 98.8 Å². The Morgan fingerprint density at radius 2 is 1.46 bits per heavy atom. The summed E-state index contributed by atoms with van der Waals surface area (Å²) in [7, 11) is -1.53. The van der Waals surface area contributed by atoms with Crippen LogP contribution in [0.25, 0.3) is 0 Å². The van der Waals surface area contributed by atoms with E-state index in [1.807, 2.05) is 0 Å². The average molecular weight is 405 g/mol. The lowest BCUT2D eigenvalue weighted by Crippen LogP contribution is -2.15. The highest BCUT2D eigenvalue weighted by Crippen LogP contribution is 2.23. The van der Waals surface area contributed by atoms with Crippen molar-refractivity contribution in [3.63, 3.8) is 0 Å². The van der Waals surface area contributed by atoms with Crippen LogP contribution in [-0.2, 0) is 19.5 Å². The van der Waals surface area contributed by atoms with Crippen LogP contribution >= 0.6 is 0 Å². The van der Waals surface area contributed by atoms with Crippen LogP contribution in [0.4, 0.5) is 5.69 Å². The minimum atomic E-state index is -3.92. The Bertz CT molecular complexity index is 932. The molecule has 7 nitrogen and oxygen atoms in total. The number of rotatable bonds is 7. The highest BCUT2D eigenvalue weighted by Gasteiger charge is 2.19. The third-order valence-corrected chi connectivity index (χ3v) is 5.80. The molecule has 150 valence electrons. The van der Waals surface area contributed by atoms with Crippen molar-refractivity contribution in [1.82, 2.24) is 0 Å². The van der Waals surface area contributed by atoms with Gasteiger partial charge in [0.25, 0.3) is 10.0 Å². The molecule has 1 atom stereocenters. The number of carbonyl (C=O) groups excluding carboxylic acids is 2. The molecule has 0 saturated heterocycles. The smallest absolute Gasteiger partial charge is 0.337 e. The Labute approximate surface area is 164 Å². The Balaban J connectivity index is 2.39. The standard InChI is InChI=1S/C20H23NO6S/c1-5-13(2)14-6-8-18(9-7-14)28(24,25)21-17-11-15(19(22)26-3)10-16(12-17)20(23)27-4/h6-13,21H,5H2,1-4H3. The van der Waals surface area contributed by atoms with Crippen molar-refractivity contribution in [2.24, 2.45) is 0 Å². The number of carbonyl (C=O) groups is 2. The number of anilines is 1. The summed E-state index contributed by atoms with van der Waals surface area (Å²) in [5.74, 6) is -1.09. The molecule has 2 aromatic rings. The second-order valence-electron chi connectivity index (χ2n) is 6.27. The van der Waals surface area contributed by atoms with Gasteiger partial charge in [-0.3, -0.25) is 4.72 Å². The van der Waals surface area contributed by atoms with Gasteiger partial charge in [0.05, 0.1) is 35.9 Å². The molecule has 1 unspecified atom stereocenters. The second-order valence-corrected chi connectivity index (χ2v) is 7.95. The summed E-state index contributed by atoms with van der Waals surface area (Å²) in [4.78, 5) is 23.8. The number of sulfonamides is 1. The van der Waals surface area contributed by atoms with Crippen LogP contribution in [-0.4, -0.2) is 34.6 Å². The first-order valence-corrected chi connectivity index (χ1v) is 10.1. The molecule has 0 fully saturated rings. The van der Waals surface area contributed by atoms with Gasteiger partial charge in [0, 0.05) is 0 Å². The van der Waals surface area contributed by atoms with Gasteiger partial charge in [-0.25, -0.2) is 18.0 Å². The van der Waals surface area contributed by atoms with Crippen molar-refractivity contribution in [3.05, 3.63) is 59.2 Å². The highest BCUT2D eigenvalue weighted by atomic mass is 32.2. The number of ether oxygens (including phenoxy) is 2. The second kappa shape index (κ2) is 8.88. The molecule has 0 saturated carbocycles. The summed E-state index contributed by atoms with van der Waals surface area (Å²) < 4.78 is 37.1. The summed E-state index contributed by atoms with van der Waals surface area (Å²) in [6.07, 6.45) is 0.945. The van der Waals surface area contributed by atoms with Gasteiger partial charge in [-0.05, 0) is 48.2 Å². The van der Waals surface area contributed by atoms with E-state index >= 15 is 0 Å². The Hall–Kier alpha value is -2.87. The lowest BCUT2D eigenvalue weighted by Gasteiger charge is -2.13. The van der Waals surface area contributed by atoms with Crippen LogP contribution in [0.2, 0.25) is 0 Å². The summed E-state index contributed by atoms with van der Waals surface area (Å²) >= 11 is 0. The number of hydrogen-bond donors (Lipinski definition) is 1. The molecule has 0 aromatic heterocycles. The van der Waals surface area contributed by atoms with E-state index in [1.165, 1.54) is 44.6 Å². The number of esters is 2. The predicted molar refractivity (Wildman–Crippen MR) is 105 cm³/mol. The van der Waals surface area contributed by atoms with E-state index in [0.717, 1.165) is 12.0 Å². The predicted octanol–water partition coefficient (Wildman–Crippen LogP) is 3.57. The van der Waals surface area contributed by atoms with Crippen LogP contribution in [0.5, 0.6) is 0 Å². The van der Waals surface area contributed by atoms with Crippen molar-refractivity contribution in [3.8, 4) is 0 Å². The molecule has 8 heteroatoms. The van der Waals surface area contributed by atoms with Crippen molar-refractivity contribution in [1.29, 1.82) is 0 Å². The molecule has 0 spiro atoms. The zero-order valence-corrected chi connectivity index (χ0v) is 17.0. The van der Waals surface area contributed by atoms with E-state index in [9.17, 15) is 18.0 Å². The monoisotopic (exact) mass is 405 g/mol. The minimum Gasteiger partial charge on any atom is -0.465 e. The molecule has 0 amide bonds. The zero-order valence-electron chi connectivity index (χ0n) is 16.2. The molecule has 2 aromatic carbocycles. The average Bonchev–Trinajstić information content (AvgIpc) is 2.71. The number of hydrogen-bond acceptors (Lipinski definition) is 6. The Morgan fingerprint density at radius 3 is 1.89 bits per heavy atom. The van der Waals surface area contributed by atoms with Crippen LogP contribution < -0.4 is 4.72 Å². The van der Waals surface area contributed by atoms with Gasteiger partial charge in [0.2, 0.25) is 0 Å². The van der Waals surface area contributed by atoms with E-state index in [2.05, 4.69) is 28.0 Å². The third-order valence-electron chi connectivity index (χ3n) is 4.40. The van der Waals surface area contributed by atoms with E-state index in [-0.39, 0.29) is 21.7 Å². The first-order valence-electron chi connectivity index (χ1n) is 8.66. The number of methoxy groups -OCH3 is 2. The Morgan fingerprint density at radius 1 is 0.964 bits per heavy atom. The first-order chi connectivity index (χ1) is 13.2. The minimum absolute atomic E-state index is 0.0234. The Kier molecular flexibility index (Phi) is 6.80. The molecule has 0 aliphatic heterocycles. The molecule has 0 aliphatic rings. The maximum Gasteiger partial charge on any atom is 0.337 e. The van der Waals surface area contributed by atoms with E-state index in [4.69, 9.17) is 0 Å². The van der Waals surface area contributed by atoms with Crippen LogP contribution in [0.3, 0.4) is 0 Å². The van der Waals surface area contributed by atoms with Gasteiger partial charge in [0.1, 0.15) is 0 Å². The highest BCUT2D eigenvalue weighted by molar-refractivity contribution is 7.92. The quantitative estimate of drug-likeness (QED) is 0.707. The maximum atomic E-state index is 12.7.